The Balaban J connectivity index is 0.000000246. The van der Waals surface area contributed by atoms with Crippen LogP contribution >= 0.6 is 11.8 Å². The van der Waals surface area contributed by atoms with Crippen LogP contribution in [-0.4, -0.2) is 246 Å². The van der Waals surface area contributed by atoms with Crippen LogP contribution < -0.4 is 38.9 Å². The van der Waals surface area contributed by atoms with E-state index in [0.717, 1.165) is 25.2 Å². The number of hydrogen-bond donors (Lipinski definition) is 16. The zero-order valence-corrected chi connectivity index (χ0v) is 45.9. The Hall–Kier alpha value is -5.84. The summed E-state index contributed by atoms with van der Waals surface area (Å²) in [4.78, 5) is 67.0. The van der Waals surface area contributed by atoms with Crippen molar-refractivity contribution in [3.63, 3.8) is 0 Å². The lowest BCUT2D eigenvalue weighted by Gasteiger charge is -2.46. The molecule has 20 N–H and O–H groups in total. The molecule has 0 aromatic heterocycles. The van der Waals surface area contributed by atoms with Crippen molar-refractivity contribution in [1.82, 2.24) is 25.8 Å². The number of esters is 1. The van der Waals surface area contributed by atoms with E-state index in [-0.39, 0.29) is 35.9 Å². The number of thioether (sulfide) groups is 1. The minimum absolute atomic E-state index is 0.138. The number of fused-ring (bicyclic) bond motifs is 1. The van der Waals surface area contributed by atoms with Crippen LogP contribution in [0.15, 0.2) is 59.6 Å². The fourth-order valence-corrected chi connectivity index (χ4v) is 11.4. The maximum absolute atomic E-state index is 12.3. The lowest BCUT2D eigenvalue weighted by atomic mass is 9.81. The molecule has 2 aromatic rings. The normalized spacial score (nSPS) is 34.0. The third kappa shape index (κ3) is 15.0. The molecule has 0 radical (unpaired) electrons. The number of nitrogens with one attached hydrogen (secondary N) is 4. The number of aliphatic imine (C=N–C) groups is 1. The van der Waals surface area contributed by atoms with Crippen LogP contribution in [0.5, 0.6) is 0 Å². The van der Waals surface area contributed by atoms with Gasteiger partial charge in [0.25, 0.3) is 0 Å². The van der Waals surface area contributed by atoms with Crippen molar-refractivity contribution in [2.45, 2.75) is 154 Å². The number of aliphatic hydroxyl groups excluding tert-OH is 6. The summed E-state index contributed by atoms with van der Waals surface area (Å²) < 4.78 is 27.5. The summed E-state index contributed by atoms with van der Waals surface area (Å²) in [6, 6.07) is 10.5. The maximum atomic E-state index is 12.3. The number of anilines is 1. The molecule has 2 amide bonds. The van der Waals surface area contributed by atoms with E-state index in [2.05, 4.69) is 39.7 Å². The Morgan fingerprint density at radius 3 is 2.08 bits per heavy atom. The topological polar surface area (TPSA) is 476 Å². The highest BCUT2D eigenvalue weighted by atomic mass is 32.2. The predicted molar refractivity (Wildman–Crippen MR) is 287 cm³/mol. The molecule has 4 saturated heterocycles. The van der Waals surface area contributed by atoms with E-state index in [1.165, 1.54) is 30.6 Å². The quantitative estimate of drug-likeness (QED) is 0.0156. The molecule has 5 aliphatic rings. The van der Waals surface area contributed by atoms with E-state index >= 15 is 0 Å². The Labute approximate surface area is 465 Å². The van der Waals surface area contributed by atoms with Gasteiger partial charge in [0.15, 0.2) is 36.4 Å². The van der Waals surface area contributed by atoms with E-state index in [1.807, 2.05) is 44.2 Å². The number of hydrogen-bond acceptors (Lipinski definition) is 23. The third-order valence-electron chi connectivity index (χ3n) is 14.3. The Morgan fingerprint density at radius 2 is 1.52 bits per heavy atom. The molecule has 18 atom stereocenters. The van der Waals surface area contributed by atoms with Crippen molar-refractivity contribution >= 4 is 59.4 Å². The van der Waals surface area contributed by atoms with Crippen LogP contribution in [0.1, 0.15) is 50.5 Å². The summed E-state index contributed by atoms with van der Waals surface area (Å²) in [5, 5.41) is 98.2. The van der Waals surface area contributed by atoms with Crippen LogP contribution in [0, 0.1) is 5.41 Å². The minimum atomic E-state index is -2.39. The van der Waals surface area contributed by atoms with Crippen molar-refractivity contribution in [2.75, 3.05) is 45.6 Å². The lowest BCUT2D eigenvalue weighted by molar-refractivity contribution is -0.314. The number of nitrogens with zero attached hydrogens (tertiary/aromatic N) is 3. The molecule has 1 saturated carbocycles. The highest BCUT2D eigenvalue weighted by Gasteiger charge is 2.64. The standard InChI is InChI=1S/C21H39N7O12.C16H18N2O4S.C13H20N2O2/c1-5-21(36,4-30)16(40-17-9(26-2)13(34)10(31)6(3-29)38-17)18(37-5)39-15-8(28-20(24)25)11(32)7(27-19(22)23)12(33)14(15)35;1-16(2)12(15(21)22)18-13(20)11(14(18)23-16)17-10(19)8-9-6-4-3-5-7-9;1-3-15(4-2)9-10-17-13(16)11-5-7-12(14)8-6-11/h4-18,26,29,31-36H,3H2,1-2H3,(H4,22,23,27)(H4,24,25,28);3-7,11-12,14H,8H2,1-2H3,(H,17,19)(H,21,22);5-8H,3-4,9-10,14H2,1-2H3/t5-,6-,7+,8-,9-,10-,11+,12-,13-,14+,15+,16-,17-,18-,21+;11-,12+,14-;/m01./s1. The Morgan fingerprint density at radius 1 is 0.900 bits per heavy atom. The van der Waals surface area contributed by atoms with Crippen molar-refractivity contribution < 1.29 is 88.5 Å². The maximum Gasteiger partial charge on any atom is 0.338 e. The number of carbonyl (C=O) groups excluding carboxylic acids is 4. The molecule has 0 bridgehead atoms. The van der Waals surface area contributed by atoms with Gasteiger partial charge in [-0.25, -0.2) is 14.6 Å². The zero-order chi connectivity index (χ0) is 59.6. The number of β-lactam (4-membered cyclic amide) rings is 1. The number of nitrogens with two attached hydrogens (primary N) is 4. The average molecular weight is 1150 g/mol. The number of guanidine groups is 2. The predicted octanol–water partition coefficient (Wildman–Crippen LogP) is -5.32. The molecule has 1 aliphatic carbocycles. The number of aliphatic carboxylic acids is 1. The number of benzene rings is 2. The number of carbonyl (C=O) groups is 5. The van der Waals surface area contributed by atoms with E-state index in [9.17, 15) is 64.8 Å². The molecule has 7 rings (SSSR count). The SMILES string of the molecule is CC1(C)S[C@@H]2[C@H](NC(=O)Cc3ccccc3)C(=O)N2[C@H]1C(=O)O.CCN(CC)CCOC(=O)c1ccc(N)cc1.CN[C@@H]1[C@H](O[C@H]2[C@H](O[C@H]3[C@H](O)[C@@H](O)[C@H](NC(=N)N)[C@@H](O)[C@@H]3N=C(N)N)O[C@@H](C)[C@]2(O)C=O)O[C@@H](CO)[C@H](O)[C@H]1O. The molecular formula is C50H77N11O18S. The van der Waals surface area contributed by atoms with Crippen molar-refractivity contribution in [3.05, 3.63) is 65.7 Å². The summed E-state index contributed by atoms with van der Waals surface area (Å²) in [7, 11) is 1.42. The fraction of sp³-hybridized carbons (Fsp3) is 0.620. The summed E-state index contributed by atoms with van der Waals surface area (Å²) in [5.41, 5.74) is 21.5. The lowest BCUT2D eigenvalue weighted by Crippen LogP contribution is -2.70. The van der Waals surface area contributed by atoms with Gasteiger partial charge < -0.3 is 113 Å². The van der Waals surface area contributed by atoms with Crippen LogP contribution in [0.3, 0.4) is 0 Å². The van der Waals surface area contributed by atoms with Gasteiger partial charge in [-0.2, -0.15) is 0 Å². The van der Waals surface area contributed by atoms with Crippen LogP contribution in [0.25, 0.3) is 0 Å². The number of rotatable bonds is 19. The number of carboxylic acids is 1. The molecule has 29 nitrogen and oxygen atoms in total. The van der Waals surface area contributed by atoms with Gasteiger partial charge in [0.2, 0.25) is 11.8 Å². The number of aliphatic hydroxyl groups is 7. The summed E-state index contributed by atoms with van der Waals surface area (Å²) in [6.45, 7) is 11.5. The second-order valence-corrected chi connectivity index (χ2v) is 21.8. The zero-order valence-electron chi connectivity index (χ0n) is 45.1. The van der Waals surface area contributed by atoms with Gasteiger partial charge in [-0.1, -0.05) is 44.2 Å². The van der Waals surface area contributed by atoms with Crippen molar-refractivity contribution in [3.8, 4) is 0 Å². The second-order valence-electron chi connectivity index (χ2n) is 20.0. The smallest absolute Gasteiger partial charge is 0.338 e. The summed E-state index contributed by atoms with van der Waals surface area (Å²) in [6.07, 6.45) is -17.1. The number of ether oxygens (including phenoxy) is 5. The molecule has 446 valence electrons. The first-order valence-electron chi connectivity index (χ1n) is 25.7. The van der Waals surface area contributed by atoms with Crippen molar-refractivity contribution in [1.29, 1.82) is 5.41 Å². The molecule has 0 unspecified atom stereocenters. The second kappa shape index (κ2) is 28.2. The van der Waals surface area contributed by atoms with Gasteiger partial charge in [-0.3, -0.25) is 19.8 Å². The molecular weight excluding hydrogens is 1070 g/mol. The van der Waals surface area contributed by atoms with E-state index in [0.29, 0.717) is 17.9 Å². The van der Waals surface area contributed by atoms with Gasteiger partial charge in [0.05, 0.1) is 36.8 Å². The van der Waals surface area contributed by atoms with Gasteiger partial charge in [0.1, 0.15) is 78.9 Å². The number of nitrogen functional groups attached to an aromatic ring is 1. The number of aldehydes is 1. The first-order chi connectivity index (χ1) is 37.7. The van der Waals surface area contributed by atoms with Crippen LogP contribution in [0.4, 0.5) is 5.69 Å². The van der Waals surface area contributed by atoms with Crippen LogP contribution in [0.2, 0.25) is 0 Å². The molecule has 0 spiro atoms. The fourth-order valence-electron chi connectivity index (χ4n) is 9.79. The van der Waals surface area contributed by atoms with E-state index in [4.69, 9.17) is 52.0 Å². The highest BCUT2D eigenvalue weighted by molar-refractivity contribution is 8.01. The molecule has 80 heavy (non-hydrogen) atoms. The molecule has 4 aliphatic heterocycles. The van der Waals surface area contributed by atoms with Gasteiger partial charge >= 0.3 is 11.9 Å². The Bertz CT molecular complexity index is 2450. The summed E-state index contributed by atoms with van der Waals surface area (Å²) in [5.74, 6) is -3.01. The minimum Gasteiger partial charge on any atom is -0.480 e. The summed E-state index contributed by atoms with van der Waals surface area (Å²) >= 11 is 1.42. The Kier molecular flexibility index (Phi) is 22.9. The average Bonchev–Trinajstić information content (AvgIpc) is 3.81. The first kappa shape index (κ1) is 65.0. The number of likely N-dealkylation sites (N-methyl/N-ethyl adjacent to an activating group) is 2. The first-order valence-corrected chi connectivity index (χ1v) is 26.6. The molecule has 2 aromatic carbocycles. The van der Waals surface area contributed by atoms with Gasteiger partial charge in [-0.15, -0.1) is 11.8 Å². The van der Waals surface area contributed by atoms with Gasteiger partial charge in [-0.05, 0) is 70.7 Å². The van der Waals surface area contributed by atoms with Gasteiger partial charge in [0, 0.05) is 17.0 Å². The monoisotopic (exact) mass is 1150 g/mol. The third-order valence-corrected chi connectivity index (χ3v) is 15.8. The largest absolute Gasteiger partial charge is 0.480 e. The van der Waals surface area contributed by atoms with Crippen LogP contribution in [-0.2, 0) is 49.3 Å². The molecule has 5 fully saturated rings. The number of carboxylic acid groups (broad SMARTS) is 1. The highest BCUT2D eigenvalue weighted by Crippen LogP contribution is 2.51. The molecule has 30 heteroatoms. The molecule has 4 heterocycles. The number of amides is 2. The van der Waals surface area contributed by atoms with E-state index < -0.39 is 133 Å². The van der Waals surface area contributed by atoms with Crippen molar-refractivity contribution in [2.24, 2.45) is 22.2 Å². The van der Waals surface area contributed by atoms with E-state index in [1.54, 1.807) is 24.3 Å².